The van der Waals surface area contributed by atoms with Crippen LogP contribution < -0.4 is 20.1 Å². The standard InChI is InChI=1S/C20H16FN3O3/c21-15-3-1-2-4-16(15)24-14-7-8-22-17(10-14)20(25)23-11-13-5-6-18-19(9-13)27-12-26-18/h1-10H,11-12H2,(H,22,24)(H,23,25). The first-order valence-electron chi connectivity index (χ1n) is 8.33. The smallest absolute Gasteiger partial charge is 0.270 e. The molecule has 0 saturated carbocycles. The highest BCUT2D eigenvalue weighted by molar-refractivity contribution is 5.93. The zero-order valence-electron chi connectivity index (χ0n) is 14.2. The molecule has 136 valence electrons. The topological polar surface area (TPSA) is 72.5 Å². The molecule has 4 rings (SSSR count). The minimum Gasteiger partial charge on any atom is -0.454 e. The molecule has 1 aromatic heterocycles. The SMILES string of the molecule is O=C(NCc1ccc2c(c1)OCO2)c1cc(Nc2ccccc2F)ccn1. The second kappa shape index (κ2) is 7.33. The first-order valence-corrected chi connectivity index (χ1v) is 8.33. The molecule has 0 unspecified atom stereocenters. The number of pyridine rings is 1. The number of rotatable bonds is 5. The first-order chi connectivity index (χ1) is 13.2. The summed E-state index contributed by atoms with van der Waals surface area (Å²) < 4.78 is 24.4. The average Bonchev–Trinajstić information content (AvgIpc) is 3.16. The van der Waals surface area contributed by atoms with Gasteiger partial charge in [-0.3, -0.25) is 9.78 Å². The molecule has 1 aliphatic heterocycles. The van der Waals surface area contributed by atoms with Crippen LogP contribution in [0.2, 0.25) is 0 Å². The summed E-state index contributed by atoms with van der Waals surface area (Å²) in [7, 11) is 0. The van der Waals surface area contributed by atoms with E-state index in [-0.39, 0.29) is 24.2 Å². The molecular weight excluding hydrogens is 349 g/mol. The third kappa shape index (κ3) is 3.82. The number of para-hydroxylation sites is 1. The van der Waals surface area contributed by atoms with Gasteiger partial charge in [-0.1, -0.05) is 18.2 Å². The molecule has 7 heteroatoms. The molecule has 1 aliphatic rings. The van der Waals surface area contributed by atoms with E-state index in [1.54, 1.807) is 36.4 Å². The normalized spacial score (nSPS) is 11.9. The van der Waals surface area contributed by atoms with Gasteiger partial charge in [0, 0.05) is 18.4 Å². The maximum atomic E-state index is 13.8. The Morgan fingerprint density at radius 1 is 1.07 bits per heavy atom. The van der Waals surface area contributed by atoms with Crippen molar-refractivity contribution in [2.24, 2.45) is 0 Å². The predicted octanol–water partition coefficient (Wildman–Crippen LogP) is 3.62. The van der Waals surface area contributed by atoms with Gasteiger partial charge in [-0.05, 0) is 42.0 Å². The van der Waals surface area contributed by atoms with Gasteiger partial charge in [0.2, 0.25) is 6.79 Å². The van der Waals surface area contributed by atoms with Crippen LogP contribution in [0.3, 0.4) is 0 Å². The molecule has 2 heterocycles. The Labute approximate surface area is 155 Å². The molecule has 0 radical (unpaired) electrons. The summed E-state index contributed by atoms with van der Waals surface area (Å²) in [4.78, 5) is 16.5. The van der Waals surface area contributed by atoms with Gasteiger partial charge in [0.1, 0.15) is 11.5 Å². The number of nitrogens with one attached hydrogen (secondary N) is 2. The van der Waals surface area contributed by atoms with Gasteiger partial charge in [-0.15, -0.1) is 0 Å². The van der Waals surface area contributed by atoms with Crippen molar-refractivity contribution in [3.63, 3.8) is 0 Å². The van der Waals surface area contributed by atoms with Gasteiger partial charge in [0.15, 0.2) is 11.5 Å². The van der Waals surface area contributed by atoms with E-state index in [0.29, 0.717) is 29.4 Å². The van der Waals surface area contributed by atoms with Crippen LogP contribution in [-0.2, 0) is 6.54 Å². The van der Waals surface area contributed by atoms with Crippen LogP contribution in [-0.4, -0.2) is 17.7 Å². The lowest BCUT2D eigenvalue weighted by Gasteiger charge is -2.09. The summed E-state index contributed by atoms with van der Waals surface area (Å²) in [6.07, 6.45) is 1.50. The summed E-state index contributed by atoms with van der Waals surface area (Å²) in [5.41, 5.74) is 2.02. The van der Waals surface area contributed by atoms with Crippen molar-refractivity contribution in [2.75, 3.05) is 12.1 Å². The van der Waals surface area contributed by atoms with Gasteiger partial charge in [0.25, 0.3) is 5.91 Å². The number of anilines is 2. The highest BCUT2D eigenvalue weighted by Crippen LogP contribution is 2.32. The zero-order valence-corrected chi connectivity index (χ0v) is 14.2. The number of hydrogen-bond donors (Lipinski definition) is 2. The van der Waals surface area contributed by atoms with Crippen LogP contribution in [0.1, 0.15) is 16.1 Å². The van der Waals surface area contributed by atoms with E-state index in [1.165, 1.54) is 12.3 Å². The van der Waals surface area contributed by atoms with E-state index >= 15 is 0 Å². The summed E-state index contributed by atoms with van der Waals surface area (Å²) in [6, 6.07) is 15.1. The molecule has 0 aliphatic carbocycles. The Morgan fingerprint density at radius 3 is 2.81 bits per heavy atom. The minimum absolute atomic E-state index is 0.205. The minimum atomic E-state index is -0.372. The van der Waals surface area contributed by atoms with E-state index in [4.69, 9.17) is 9.47 Å². The molecule has 2 aromatic carbocycles. The fourth-order valence-corrected chi connectivity index (χ4v) is 2.67. The molecule has 1 amide bonds. The van der Waals surface area contributed by atoms with Crippen LogP contribution in [0.4, 0.5) is 15.8 Å². The maximum Gasteiger partial charge on any atom is 0.270 e. The van der Waals surface area contributed by atoms with E-state index in [1.807, 2.05) is 12.1 Å². The van der Waals surface area contributed by atoms with Gasteiger partial charge in [-0.2, -0.15) is 0 Å². The number of nitrogens with zero attached hydrogens (tertiary/aromatic N) is 1. The molecule has 6 nitrogen and oxygen atoms in total. The Kier molecular flexibility index (Phi) is 4.57. The molecule has 0 atom stereocenters. The second-order valence-corrected chi connectivity index (χ2v) is 5.90. The van der Waals surface area contributed by atoms with Gasteiger partial charge >= 0.3 is 0 Å². The molecule has 0 bridgehead atoms. The highest BCUT2D eigenvalue weighted by atomic mass is 19.1. The molecule has 0 fully saturated rings. The lowest BCUT2D eigenvalue weighted by Crippen LogP contribution is -2.23. The second-order valence-electron chi connectivity index (χ2n) is 5.90. The third-order valence-corrected chi connectivity index (χ3v) is 4.04. The number of hydrogen-bond acceptors (Lipinski definition) is 5. The van der Waals surface area contributed by atoms with Crippen LogP contribution >= 0.6 is 0 Å². The fourth-order valence-electron chi connectivity index (χ4n) is 2.67. The summed E-state index contributed by atoms with van der Waals surface area (Å²) in [5.74, 6) is 0.655. The Bertz CT molecular complexity index is 994. The van der Waals surface area contributed by atoms with E-state index in [2.05, 4.69) is 15.6 Å². The maximum absolute atomic E-state index is 13.8. The van der Waals surface area contributed by atoms with E-state index in [9.17, 15) is 9.18 Å². The van der Waals surface area contributed by atoms with Crippen molar-refractivity contribution in [3.05, 3.63) is 77.9 Å². The highest BCUT2D eigenvalue weighted by Gasteiger charge is 2.14. The van der Waals surface area contributed by atoms with Crippen molar-refractivity contribution in [3.8, 4) is 11.5 Å². The number of amides is 1. The van der Waals surface area contributed by atoms with Gasteiger partial charge in [-0.25, -0.2) is 4.39 Å². The Balaban J connectivity index is 1.42. The number of benzene rings is 2. The molecule has 27 heavy (non-hydrogen) atoms. The van der Waals surface area contributed by atoms with Crippen LogP contribution in [0.15, 0.2) is 60.8 Å². The number of fused-ring (bicyclic) bond motifs is 1. The number of carbonyl (C=O) groups is 1. The Hall–Kier alpha value is -3.61. The molecule has 0 saturated heterocycles. The first kappa shape index (κ1) is 16.8. The van der Waals surface area contributed by atoms with Crippen molar-refractivity contribution in [2.45, 2.75) is 6.54 Å². The Morgan fingerprint density at radius 2 is 1.93 bits per heavy atom. The number of carbonyl (C=O) groups excluding carboxylic acids is 1. The quantitative estimate of drug-likeness (QED) is 0.722. The van der Waals surface area contributed by atoms with Gasteiger partial charge in [0.05, 0.1) is 5.69 Å². The van der Waals surface area contributed by atoms with E-state index < -0.39 is 0 Å². The summed E-state index contributed by atoms with van der Waals surface area (Å²) >= 11 is 0. The van der Waals surface area contributed by atoms with Crippen LogP contribution in [0, 0.1) is 5.82 Å². The van der Waals surface area contributed by atoms with Crippen molar-refractivity contribution in [1.29, 1.82) is 0 Å². The van der Waals surface area contributed by atoms with E-state index in [0.717, 1.165) is 5.56 Å². The van der Waals surface area contributed by atoms with Gasteiger partial charge < -0.3 is 20.1 Å². The lowest BCUT2D eigenvalue weighted by atomic mass is 10.2. The van der Waals surface area contributed by atoms with Crippen LogP contribution in [0.5, 0.6) is 11.5 Å². The number of aromatic nitrogens is 1. The summed E-state index contributed by atoms with van der Waals surface area (Å²) in [5, 5.41) is 5.75. The fraction of sp³-hybridized carbons (Fsp3) is 0.100. The monoisotopic (exact) mass is 365 g/mol. The zero-order chi connectivity index (χ0) is 18.6. The predicted molar refractivity (Wildman–Crippen MR) is 97.7 cm³/mol. The average molecular weight is 365 g/mol. The van der Waals surface area contributed by atoms with Crippen molar-refractivity contribution in [1.82, 2.24) is 10.3 Å². The molecular formula is C20H16FN3O3. The molecule has 2 N–H and O–H groups in total. The molecule has 0 spiro atoms. The largest absolute Gasteiger partial charge is 0.454 e. The van der Waals surface area contributed by atoms with Crippen molar-refractivity contribution >= 4 is 17.3 Å². The molecule has 3 aromatic rings. The third-order valence-electron chi connectivity index (χ3n) is 4.04. The number of ether oxygens (including phenoxy) is 2. The van der Waals surface area contributed by atoms with Crippen molar-refractivity contribution < 1.29 is 18.7 Å². The lowest BCUT2D eigenvalue weighted by molar-refractivity contribution is 0.0946. The number of halogens is 1. The summed E-state index contributed by atoms with van der Waals surface area (Å²) in [6.45, 7) is 0.527. The van der Waals surface area contributed by atoms with Crippen LogP contribution in [0.25, 0.3) is 0 Å².